The van der Waals surface area contributed by atoms with Crippen LogP contribution in [-0.2, 0) is 10.0 Å². The normalized spacial score (nSPS) is 13.1. The van der Waals surface area contributed by atoms with Crippen LogP contribution in [0.2, 0.25) is 0 Å². The molecule has 0 bridgehead atoms. The highest BCUT2D eigenvalue weighted by Crippen LogP contribution is 2.19. The molecule has 0 radical (unpaired) electrons. The van der Waals surface area contributed by atoms with Gasteiger partial charge in [-0.15, -0.1) is 0 Å². The van der Waals surface area contributed by atoms with Crippen LogP contribution in [0.5, 0.6) is 0 Å². The maximum atomic E-state index is 12.3. The molecule has 3 N–H and O–H groups in total. The second-order valence-electron chi connectivity index (χ2n) is 4.87. The van der Waals surface area contributed by atoms with E-state index in [1.165, 1.54) is 18.2 Å². The minimum atomic E-state index is -3.69. The Labute approximate surface area is 126 Å². The molecular formula is C14H22N4O2S. The van der Waals surface area contributed by atoms with E-state index in [0.29, 0.717) is 12.1 Å². The highest BCUT2D eigenvalue weighted by Gasteiger charge is 2.21. The van der Waals surface area contributed by atoms with E-state index in [1.807, 2.05) is 26.8 Å². The molecule has 0 spiro atoms. The number of anilines is 1. The van der Waals surface area contributed by atoms with E-state index in [4.69, 9.17) is 11.0 Å². The van der Waals surface area contributed by atoms with Crippen LogP contribution in [0.25, 0.3) is 0 Å². The number of likely N-dealkylation sites (N-methyl/N-ethyl adjacent to an activating group) is 1. The lowest BCUT2D eigenvalue weighted by Crippen LogP contribution is -2.42. The molecule has 0 amide bonds. The monoisotopic (exact) mass is 310 g/mol. The molecule has 0 saturated carbocycles. The van der Waals surface area contributed by atoms with Gasteiger partial charge < -0.3 is 10.6 Å². The van der Waals surface area contributed by atoms with Gasteiger partial charge >= 0.3 is 0 Å². The number of nitrogen functional groups attached to an aromatic ring is 1. The predicted molar refractivity (Wildman–Crippen MR) is 83.1 cm³/mol. The first-order valence-electron chi connectivity index (χ1n) is 6.88. The largest absolute Gasteiger partial charge is 0.398 e. The SMILES string of the molecule is CCN(CC)CC(C)NS(=O)(=O)c1ccc(C#N)cc1N. The lowest BCUT2D eigenvalue weighted by atomic mass is 10.2. The summed E-state index contributed by atoms with van der Waals surface area (Å²) in [6.45, 7) is 8.23. The first-order chi connectivity index (χ1) is 9.83. The molecule has 21 heavy (non-hydrogen) atoms. The Morgan fingerprint density at radius 2 is 2.00 bits per heavy atom. The fourth-order valence-electron chi connectivity index (χ4n) is 2.10. The third kappa shape index (κ3) is 4.70. The van der Waals surface area contributed by atoms with Crippen LogP contribution in [0.15, 0.2) is 23.1 Å². The number of hydrogen-bond donors (Lipinski definition) is 2. The molecule has 1 aromatic carbocycles. The fourth-order valence-corrected chi connectivity index (χ4v) is 3.45. The minimum Gasteiger partial charge on any atom is -0.398 e. The molecule has 1 rings (SSSR count). The van der Waals surface area contributed by atoms with Crippen LogP contribution in [-0.4, -0.2) is 39.0 Å². The summed E-state index contributed by atoms with van der Waals surface area (Å²) in [5, 5.41) is 8.78. The third-order valence-electron chi connectivity index (χ3n) is 3.21. The van der Waals surface area contributed by atoms with Crippen LogP contribution in [0, 0.1) is 11.3 Å². The number of nitriles is 1. The van der Waals surface area contributed by atoms with Gasteiger partial charge in [-0.3, -0.25) is 0 Å². The Balaban J connectivity index is 2.89. The summed E-state index contributed by atoms with van der Waals surface area (Å²) in [6, 6.07) is 5.87. The Morgan fingerprint density at radius 3 is 2.48 bits per heavy atom. The summed E-state index contributed by atoms with van der Waals surface area (Å²) in [6.07, 6.45) is 0. The quantitative estimate of drug-likeness (QED) is 0.736. The van der Waals surface area contributed by atoms with Crippen molar-refractivity contribution in [2.45, 2.75) is 31.7 Å². The van der Waals surface area contributed by atoms with Gasteiger partial charge in [-0.2, -0.15) is 5.26 Å². The van der Waals surface area contributed by atoms with Gasteiger partial charge in [-0.25, -0.2) is 13.1 Å². The van der Waals surface area contributed by atoms with Gasteiger partial charge in [0.15, 0.2) is 0 Å². The van der Waals surface area contributed by atoms with Crippen molar-refractivity contribution in [2.75, 3.05) is 25.4 Å². The lowest BCUT2D eigenvalue weighted by Gasteiger charge is -2.23. The molecule has 0 aliphatic rings. The van der Waals surface area contributed by atoms with Crippen molar-refractivity contribution in [2.24, 2.45) is 0 Å². The standard InChI is InChI=1S/C14H22N4O2S/c1-4-18(5-2)10-11(3)17-21(19,20)14-7-6-12(9-15)8-13(14)16/h6-8,11,17H,4-5,10,16H2,1-3H3. The molecule has 0 aliphatic carbocycles. The second-order valence-corrected chi connectivity index (χ2v) is 6.55. The maximum absolute atomic E-state index is 12.3. The minimum absolute atomic E-state index is 0.00731. The Bertz CT molecular complexity index is 618. The highest BCUT2D eigenvalue weighted by molar-refractivity contribution is 7.89. The van der Waals surface area contributed by atoms with E-state index in [9.17, 15) is 8.42 Å². The highest BCUT2D eigenvalue weighted by atomic mass is 32.2. The van der Waals surface area contributed by atoms with E-state index in [2.05, 4.69) is 9.62 Å². The zero-order chi connectivity index (χ0) is 16.0. The average molecular weight is 310 g/mol. The summed E-state index contributed by atoms with van der Waals surface area (Å²) in [5.41, 5.74) is 6.15. The summed E-state index contributed by atoms with van der Waals surface area (Å²) >= 11 is 0. The van der Waals surface area contributed by atoms with E-state index in [-0.39, 0.29) is 16.6 Å². The van der Waals surface area contributed by atoms with Crippen molar-refractivity contribution >= 4 is 15.7 Å². The third-order valence-corrected chi connectivity index (χ3v) is 4.87. The molecular weight excluding hydrogens is 288 g/mol. The zero-order valence-corrected chi connectivity index (χ0v) is 13.4. The van der Waals surface area contributed by atoms with Gasteiger partial charge in [0, 0.05) is 12.6 Å². The topological polar surface area (TPSA) is 99.2 Å². The molecule has 1 aromatic rings. The van der Waals surface area contributed by atoms with Crippen LogP contribution in [0.4, 0.5) is 5.69 Å². The van der Waals surface area contributed by atoms with Gasteiger partial charge in [0.05, 0.1) is 17.3 Å². The van der Waals surface area contributed by atoms with Gasteiger partial charge in [0.2, 0.25) is 10.0 Å². The average Bonchev–Trinajstić information content (AvgIpc) is 2.43. The predicted octanol–water partition coefficient (Wildman–Crippen LogP) is 1.15. The molecule has 0 aliphatic heterocycles. The number of rotatable bonds is 7. The Morgan fingerprint density at radius 1 is 1.38 bits per heavy atom. The Hall–Kier alpha value is -1.62. The molecule has 1 atom stereocenters. The van der Waals surface area contributed by atoms with Crippen molar-refractivity contribution < 1.29 is 8.42 Å². The number of hydrogen-bond acceptors (Lipinski definition) is 5. The zero-order valence-electron chi connectivity index (χ0n) is 12.6. The first-order valence-corrected chi connectivity index (χ1v) is 8.36. The molecule has 6 nitrogen and oxygen atoms in total. The van der Waals surface area contributed by atoms with Crippen molar-refractivity contribution in [3.8, 4) is 6.07 Å². The summed E-state index contributed by atoms with van der Waals surface area (Å²) < 4.78 is 27.3. The van der Waals surface area contributed by atoms with Crippen LogP contribution in [0.3, 0.4) is 0 Å². The molecule has 1 unspecified atom stereocenters. The van der Waals surface area contributed by atoms with Crippen molar-refractivity contribution in [1.29, 1.82) is 5.26 Å². The van der Waals surface area contributed by atoms with Crippen molar-refractivity contribution in [1.82, 2.24) is 9.62 Å². The molecule has 116 valence electrons. The molecule has 0 fully saturated rings. The smallest absolute Gasteiger partial charge is 0.242 e. The van der Waals surface area contributed by atoms with E-state index in [0.717, 1.165) is 13.1 Å². The summed E-state index contributed by atoms with van der Waals surface area (Å²) in [7, 11) is -3.69. The number of nitrogens with two attached hydrogens (primary N) is 1. The van der Waals surface area contributed by atoms with E-state index in [1.54, 1.807) is 0 Å². The van der Waals surface area contributed by atoms with Crippen molar-refractivity contribution in [3.63, 3.8) is 0 Å². The van der Waals surface area contributed by atoms with Gasteiger partial charge in [0.1, 0.15) is 4.90 Å². The molecule has 0 heterocycles. The number of nitrogens with zero attached hydrogens (tertiary/aromatic N) is 2. The van der Waals surface area contributed by atoms with Crippen LogP contribution in [0.1, 0.15) is 26.3 Å². The van der Waals surface area contributed by atoms with Crippen LogP contribution < -0.4 is 10.5 Å². The van der Waals surface area contributed by atoms with E-state index < -0.39 is 10.0 Å². The maximum Gasteiger partial charge on any atom is 0.242 e. The molecule has 0 aromatic heterocycles. The molecule has 0 saturated heterocycles. The molecule has 7 heteroatoms. The Kier molecular flexibility index (Phi) is 6.15. The van der Waals surface area contributed by atoms with Crippen molar-refractivity contribution in [3.05, 3.63) is 23.8 Å². The number of sulfonamides is 1. The number of benzene rings is 1. The fraction of sp³-hybridized carbons (Fsp3) is 0.500. The van der Waals surface area contributed by atoms with Crippen LogP contribution >= 0.6 is 0 Å². The number of nitrogens with one attached hydrogen (secondary N) is 1. The second kappa shape index (κ2) is 7.41. The summed E-state index contributed by atoms with van der Waals surface area (Å²) in [5.74, 6) is 0. The first kappa shape index (κ1) is 17.4. The lowest BCUT2D eigenvalue weighted by molar-refractivity contribution is 0.282. The van der Waals surface area contributed by atoms with E-state index >= 15 is 0 Å². The summed E-state index contributed by atoms with van der Waals surface area (Å²) in [4.78, 5) is 2.14. The van der Waals surface area contributed by atoms with Gasteiger partial charge in [-0.1, -0.05) is 13.8 Å². The van der Waals surface area contributed by atoms with Gasteiger partial charge in [-0.05, 0) is 38.2 Å². The van der Waals surface area contributed by atoms with Gasteiger partial charge in [0.25, 0.3) is 0 Å².